The number of nitrogens with zero attached hydrogens (tertiary/aromatic N) is 1. The zero-order valence-electron chi connectivity index (χ0n) is 7.09. The molecule has 0 radical (unpaired) electrons. The number of benzene rings is 2. The summed E-state index contributed by atoms with van der Waals surface area (Å²) < 4.78 is 2.06. The molecule has 1 nitrogen and oxygen atoms in total. The molecule has 0 fully saturated rings. The first-order valence-electron chi connectivity index (χ1n) is 3.99. The highest BCUT2D eigenvalue weighted by Gasteiger charge is 2.01. The van der Waals surface area contributed by atoms with Crippen LogP contribution in [0.1, 0.15) is 5.56 Å². The molecule has 2 rings (SSSR count). The second kappa shape index (κ2) is 3.87. The van der Waals surface area contributed by atoms with Crippen LogP contribution in [-0.2, 0) is 0 Å². The van der Waals surface area contributed by atoms with Crippen LogP contribution in [0.2, 0.25) is 0 Å². The lowest BCUT2D eigenvalue weighted by molar-refractivity contribution is 1.48. The van der Waals surface area contributed by atoms with Gasteiger partial charge >= 0.3 is 0 Å². The van der Waals surface area contributed by atoms with Crippen LogP contribution in [0.15, 0.2) is 34.8 Å². The zero-order valence-corrected chi connectivity index (χ0v) is 10.8. The van der Waals surface area contributed by atoms with Gasteiger partial charge in [-0.05, 0) is 57.6 Å². The van der Waals surface area contributed by atoms with Crippen molar-refractivity contribution in [2.24, 2.45) is 0 Å². The van der Waals surface area contributed by atoms with Crippen LogP contribution in [0.25, 0.3) is 10.8 Å². The second-order valence-electron chi connectivity index (χ2n) is 2.94. The lowest BCUT2D eigenvalue weighted by atomic mass is 10.1. The number of nitriles is 1. The summed E-state index contributed by atoms with van der Waals surface area (Å²) in [6.07, 6.45) is 0. The zero-order chi connectivity index (χ0) is 10.1. The van der Waals surface area contributed by atoms with E-state index in [4.69, 9.17) is 5.26 Å². The van der Waals surface area contributed by atoms with Crippen molar-refractivity contribution >= 4 is 49.3 Å². The standard InChI is InChI=1S/C11H5BrIN/c12-10-2-1-7-3-9(6-14)11(13)5-8(7)4-10/h1-5H. The summed E-state index contributed by atoms with van der Waals surface area (Å²) in [5.74, 6) is 0. The fourth-order valence-corrected chi connectivity index (χ4v) is 2.32. The third-order valence-corrected chi connectivity index (χ3v) is 3.39. The van der Waals surface area contributed by atoms with E-state index < -0.39 is 0 Å². The molecule has 0 aliphatic carbocycles. The Labute approximate surface area is 104 Å². The first-order chi connectivity index (χ1) is 6.70. The van der Waals surface area contributed by atoms with Gasteiger partial charge in [0, 0.05) is 8.04 Å². The van der Waals surface area contributed by atoms with E-state index >= 15 is 0 Å². The monoisotopic (exact) mass is 357 g/mol. The molecule has 68 valence electrons. The van der Waals surface area contributed by atoms with Crippen molar-refractivity contribution in [1.82, 2.24) is 0 Å². The number of hydrogen-bond acceptors (Lipinski definition) is 1. The van der Waals surface area contributed by atoms with Crippen LogP contribution in [0.5, 0.6) is 0 Å². The molecule has 0 aliphatic rings. The highest BCUT2D eigenvalue weighted by atomic mass is 127. The molecule has 0 bridgehead atoms. The third-order valence-electron chi connectivity index (χ3n) is 2.01. The number of hydrogen-bond donors (Lipinski definition) is 0. The molecular weight excluding hydrogens is 353 g/mol. The van der Waals surface area contributed by atoms with E-state index in [0.717, 1.165) is 24.4 Å². The molecule has 3 heteroatoms. The van der Waals surface area contributed by atoms with Gasteiger partial charge in [-0.25, -0.2) is 0 Å². The van der Waals surface area contributed by atoms with Gasteiger partial charge in [-0.2, -0.15) is 5.26 Å². The van der Waals surface area contributed by atoms with Gasteiger partial charge < -0.3 is 0 Å². The van der Waals surface area contributed by atoms with Gasteiger partial charge in [0.05, 0.1) is 5.56 Å². The van der Waals surface area contributed by atoms with Gasteiger partial charge in [-0.15, -0.1) is 0 Å². The van der Waals surface area contributed by atoms with Crippen LogP contribution < -0.4 is 0 Å². The van der Waals surface area contributed by atoms with Gasteiger partial charge in [0.25, 0.3) is 0 Å². The van der Waals surface area contributed by atoms with Crippen molar-refractivity contribution in [3.63, 3.8) is 0 Å². The van der Waals surface area contributed by atoms with Crippen molar-refractivity contribution in [2.45, 2.75) is 0 Å². The summed E-state index contributed by atoms with van der Waals surface area (Å²) in [5.41, 5.74) is 0.737. The van der Waals surface area contributed by atoms with Crippen LogP contribution in [0.4, 0.5) is 0 Å². The summed E-state index contributed by atoms with van der Waals surface area (Å²) in [4.78, 5) is 0. The Balaban J connectivity index is 2.81. The van der Waals surface area contributed by atoms with Gasteiger partial charge in [0.1, 0.15) is 6.07 Å². The Hall–Kier alpha value is -0.600. The average Bonchev–Trinajstić information content (AvgIpc) is 2.16. The summed E-state index contributed by atoms with van der Waals surface area (Å²) in [6, 6.07) is 12.2. The summed E-state index contributed by atoms with van der Waals surface area (Å²) >= 11 is 5.61. The molecule has 0 saturated heterocycles. The first kappa shape index (κ1) is 9.94. The molecule has 14 heavy (non-hydrogen) atoms. The smallest absolute Gasteiger partial charge is 0.100 e. The van der Waals surface area contributed by atoms with Gasteiger partial charge in [-0.1, -0.05) is 22.0 Å². The lowest BCUT2D eigenvalue weighted by Gasteiger charge is -2.01. The van der Waals surface area contributed by atoms with E-state index in [1.54, 1.807) is 0 Å². The molecule has 0 aliphatic heterocycles. The number of rotatable bonds is 0. The molecule has 0 aromatic heterocycles. The summed E-state index contributed by atoms with van der Waals surface area (Å²) in [7, 11) is 0. The average molecular weight is 358 g/mol. The van der Waals surface area contributed by atoms with Gasteiger partial charge in [0.2, 0.25) is 0 Å². The van der Waals surface area contributed by atoms with Crippen molar-refractivity contribution in [2.75, 3.05) is 0 Å². The molecule has 0 saturated carbocycles. The topological polar surface area (TPSA) is 23.8 Å². The van der Waals surface area contributed by atoms with Crippen LogP contribution in [0, 0.1) is 14.9 Å². The third kappa shape index (κ3) is 1.77. The molecule has 0 spiro atoms. The maximum absolute atomic E-state index is 8.87. The highest BCUT2D eigenvalue weighted by molar-refractivity contribution is 14.1. The maximum atomic E-state index is 8.87. The SMILES string of the molecule is N#Cc1cc2ccc(Br)cc2cc1I. The Bertz CT molecular complexity index is 543. The minimum atomic E-state index is 0.737. The molecule has 0 unspecified atom stereocenters. The van der Waals surface area contributed by atoms with Crippen LogP contribution in [-0.4, -0.2) is 0 Å². The predicted molar refractivity (Wildman–Crippen MR) is 69.1 cm³/mol. The molecule has 0 heterocycles. The van der Waals surface area contributed by atoms with E-state index in [2.05, 4.69) is 50.7 Å². The number of halogens is 2. The van der Waals surface area contributed by atoms with Crippen molar-refractivity contribution in [3.8, 4) is 6.07 Å². The largest absolute Gasteiger partial charge is 0.192 e. The van der Waals surface area contributed by atoms with Crippen molar-refractivity contribution in [1.29, 1.82) is 5.26 Å². The Morgan fingerprint density at radius 1 is 1.14 bits per heavy atom. The highest BCUT2D eigenvalue weighted by Crippen LogP contribution is 2.24. The quantitative estimate of drug-likeness (QED) is 0.652. The van der Waals surface area contributed by atoms with Crippen molar-refractivity contribution in [3.05, 3.63) is 43.9 Å². The Morgan fingerprint density at radius 3 is 2.64 bits per heavy atom. The molecule has 0 amide bonds. The van der Waals surface area contributed by atoms with E-state index in [9.17, 15) is 0 Å². The lowest BCUT2D eigenvalue weighted by Crippen LogP contribution is -1.82. The molecule has 0 atom stereocenters. The van der Waals surface area contributed by atoms with Crippen molar-refractivity contribution < 1.29 is 0 Å². The number of fused-ring (bicyclic) bond motifs is 1. The van der Waals surface area contributed by atoms with E-state index in [0.29, 0.717) is 0 Å². The Kier molecular flexibility index (Phi) is 2.75. The van der Waals surface area contributed by atoms with Crippen LogP contribution >= 0.6 is 38.5 Å². The van der Waals surface area contributed by atoms with Gasteiger partial charge in [-0.3, -0.25) is 0 Å². The van der Waals surface area contributed by atoms with E-state index in [-0.39, 0.29) is 0 Å². The molecule has 0 N–H and O–H groups in total. The molecule has 2 aromatic carbocycles. The minimum absolute atomic E-state index is 0.737. The van der Waals surface area contributed by atoms with Gasteiger partial charge in [0.15, 0.2) is 0 Å². The normalized spacial score (nSPS) is 10.1. The van der Waals surface area contributed by atoms with E-state index in [1.165, 1.54) is 0 Å². The Morgan fingerprint density at radius 2 is 1.93 bits per heavy atom. The molecular formula is C11H5BrIN. The van der Waals surface area contributed by atoms with E-state index in [1.807, 2.05) is 24.3 Å². The summed E-state index contributed by atoms with van der Waals surface area (Å²) in [5, 5.41) is 11.1. The second-order valence-corrected chi connectivity index (χ2v) is 5.01. The first-order valence-corrected chi connectivity index (χ1v) is 5.87. The molecule has 2 aromatic rings. The predicted octanol–water partition coefficient (Wildman–Crippen LogP) is 4.08. The minimum Gasteiger partial charge on any atom is -0.192 e. The fraction of sp³-hybridized carbons (Fsp3) is 0. The van der Waals surface area contributed by atoms with Crippen LogP contribution in [0.3, 0.4) is 0 Å². The maximum Gasteiger partial charge on any atom is 0.100 e. The summed E-state index contributed by atoms with van der Waals surface area (Å²) in [6.45, 7) is 0. The fourth-order valence-electron chi connectivity index (χ4n) is 1.33.